The number of ether oxygens (including phenoxy) is 1. The Kier molecular flexibility index (Phi) is 5.30. The number of hydrogen-bond donors (Lipinski definition) is 1. The van der Waals surface area contributed by atoms with E-state index in [-0.39, 0.29) is 12.3 Å². The summed E-state index contributed by atoms with van der Waals surface area (Å²) >= 11 is 1.53. The van der Waals surface area contributed by atoms with E-state index in [4.69, 9.17) is 4.74 Å². The summed E-state index contributed by atoms with van der Waals surface area (Å²) in [5.74, 6) is 0.729. The summed E-state index contributed by atoms with van der Waals surface area (Å²) in [5, 5.41) is 6.70. The van der Waals surface area contributed by atoms with E-state index in [1.54, 1.807) is 6.20 Å². The zero-order chi connectivity index (χ0) is 19.3. The van der Waals surface area contributed by atoms with Gasteiger partial charge in [-0.15, -0.1) is 11.3 Å². The monoisotopic (exact) mass is 389 g/mol. The second-order valence-electron chi connectivity index (χ2n) is 6.24. The van der Waals surface area contributed by atoms with E-state index in [1.165, 1.54) is 11.3 Å². The first-order valence-electron chi connectivity index (χ1n) is 9.03. The van der Waals surface area contributed by atoms with Gasteiger partial charge in [0.1, 0.15) is 10.8 Å². The highest BCUT2D eigenvalue weighted by Gasteiger charge is 2.10. The quantitative estimate of drug-likeness (QED) is 0.507. The van der Waals surface area contributed by atoms with Gasteiger partial charge < -0.3 is 10.1 Å². The van der Waals surface area contributed by atoms with Crippen LogP contribution in [-0.2, 0) is 11.2 Å². The second-order valence-corrected chi connectivity index (χ2v) is 7.10. The van der Waals surface area contributed by atoms with Crippen LogP contribution in [-0.4, -0.2) is 22.5 Å². The van der Waals surface area contributed by atoms with Crippen LogP contribution in [0, 0.1) is 0 Å². The summed E-state index contributed by atoms with van der Waals surface area (Å²) in [4.78, 5) is 21.3. The third-order valence-corrected chi connectivity index (χ3v) is 5.12. The molecule has 140 valence electrons. The van der Waals surface area contributed by atoms with Crippen LogP contribution in [0.15, 0.2) is 66.2 Å². The molecule has 2 aromatic heterocycles. The molecule has 0 unspecified atom stereocenters. The lowest BCUT2D eigenvalue weighted by molar-refractivity contribution is -0.115. The molecule has 5 nitrogen and oxygen atoms in total. The number of aromatic nitrogens is 2. The van der Waals surface area contributed by atoms with E-state index in [0.717, 1.165) is 32.9 Å². The molecule has 1 amide bonds. The van der Waals surface area contributed by atoms with Gasteiger partial charge in [-0.3, -0.25) is 9.78 Å². The largest absolute Gasteiger partial charge is 0.494 e. The Morgan fingerprint density at radius 2 is 1.96 bits per heavy atom. The number of para-hydroxylation sites is 1. The normalized spacial score (nSPS) is 10.8. The molecule has 0 bridgehead atoms. The standard InChI is InChI=1S/C22H19N3O2S/c1-2-27-19-9-7-15(8-10-19)22-25-18(14-28-22)12-21(26)24-17-11-16-5-3-4-6-20(16)23-13-17/h3-11,13-14H,2,12H2,1H3,(H,24,26). The van der Waals surface area contributed by atoms with Crippen molar-refractivity contribution in [2.24, 2.45) is 0 Å². The van der Waals surface area contributed by atoms with Gasteiger partial charge in [-0.05, 0) is 43.3 Å². The van der Waals surface area contributed by atoms with Crippen LogP contribution < -0.4 is 10.1 Å². The molecule has 0 fully saturated rings. The summed E-state index contributed by atoms with van der Waals surface area (Å²) in [6.07, 6.45) is 1.90. The molecule has 28 heavy (non-hydrogen) atoms. The van der Waals surface area contributed by atoms with Crippen LogP contribution in [0.25, 0.3) is 21.5 Å². The highest BCUT2D eigenvalue weighted by atomic mass is 32.1. The lowest BCUT2D eigenvalue weighted by Gasteiger charge is -2.05. The van der Waals surface area contributed by atoms with Gasteiger partial charge in [-0.2, -0.15) is 0 Å². The highest BCUT2D eigenvalue weighted by molar-refractivity contribution is 7.13. The van der Waals surface area contributed by atoms with Crippen molar-refractivity contribution < 1.29 is 9.53 Å². The van der Waals surface area contributed by atoms with Crippen LogP contribution in [0.4, 0.5) is 5.69 Å². The van der Waals surface area contributed by atoms with Crippen molar-refractivity contribution in [2.45, 2.75) is 13.3 Å². The minimum atomic E-state index is -0.111. The Balaban J connectivity index is 1.42. The van der Waals surface area contributed by atoms with E-state index in [9.17, 15) is 4.79 Å². The minimum Gasteiger partial charge on any atom is -0.494 e. The maximum Gasteiger partial charge on any atom is 0.230 e. The molecule has 0 saturated heterocycles. The van der Waals surface area contributed by atoms with Crippen LogP contribution >= 0.6 is 11.3 Å². The minimum absolute atomic E-state index is 0.111. The first-order chi connectivity index (χ1) is 13.7. The van der Waals surface area contributed by atoms with Gasteiger partial charge in [-0.25, -0.2) is 4.98 Å². The Morgan fingerprint density at radius 3 is 2.79 bits per heavy atom. The smallest absolute Gasteiger partial charge is 0.230 e. The maximum absolute atomic E-state index is 12.4. The number of fused-ring (bicyclic) bond motifs is 1. The number of anilines is 1. The number of hydrogen-bond acceptors (Lipinski definition) is 5. The third kappa shape index (κ3) is 4.18. The van der Waals surface area contributed by atoms with Crippen LogP contribution in [0.2, 0.25) is 0 Å². The average Bonchev–Trinajstić information content (AvgIpc) is 3.17. The molecule has 0 saturated carbocycles. The van der Waals surface area contributed by atoms with Gasteiger partial charge in [0.2, 0.25) is 5.91 Å². The lowest BCUT2D eigenvalue weighted by atomic mass is 10.2. The molecule has 0 aliphatic rings. The molecular formula is C22H19N3O2S. The molecule has 2 heterocycles. The molecule has 4 rings (SSSR count). The van der Waals surface area contributed by atoms with Crippen LogP contribution in [0.1, 0.15) is 12.6 Å². The fourth-order valence-corrected chi connectivity index (χ4v) is 3.72. The fraction of sp³-hybridized carbons (Fsp3) is 0.136. The van der Waals surface area contributed by atoms with E-state index in [0.29, 0.717) is 12.3 Å². The van der Waals surface area contributed by atoms with Gasteiger partial charge in [0.05, 0.1) is 36.1 Å². The number of nitrogens with zero attached hydrogens (tertiary/aromatic N) is 2. The van der Waals surface area contributed by atoms with Crippen molar-refractivity contribution in [2.75, 3.05) is 11.9 Å². The summed E-state index contributed by atoms with van der Waals surface area (Å²) in [6, 6.07) is 17.6. The van der Waals surface area contributed by atoms with E-state index >= 15 is 0 Å². The van der Waals surface area contributed by atoms with Gasteiger partial charge in [0.25, 0.3) is 0 Å². The molecule has 6 heteroatoms. The number of thiazole rings is 1. The van der Waals surface area contributed by atoms with Gasteiger partial charge in [0.15, 0.2) is 0 Å². The first kappa shape index (κ1) is 18.1. The first-order valence-corrected chi connectivity index (χ1v) is 9.91. The van der Waals surface area contributed by atoms with Crippen LogP contribution in [0.5, 0.6) is 5.75 Å². The summed E-state index contributed by atoms with van der Waals surface area (Å²) in [6.45, 7) is 2.60. The van der Waals surface area contributed by atoms with E-state index in [2.05, 4.69) is 15.3 Å². The topological polar surface area (TPSA) is 64.1 Å². The predicted molar refractivity (Wildman–Crippen MR) is 113 cm³/mol. The number of rotatable bonds is 6. The SMILES string of the molecule is CCOc1ccc(-c2nc(CC(=O)Nc3cnc4ccccc4c3)cs2)cc1. The Bertz CT molecular complexity index is 1110. The molecule has 0 spiro atoms. The van der Waals surface area contributed by atoms with Crippen molar-refractivity contribution >= 4 is 33.8 Å². The van der Waals surface area contributed by atoms with Crippen LogP contribution in [0.3, 0.4) is 0 Å². The summed E-state index contributed by atoms with van der Waals surface area (Å²) in [7, 11) is 0. The number of amides is 1. The molecule has 0 atom stereocenters. The van der Waals surface area contributed by atoms with E-state index in [1.807, 2.05) is 66.9 Å². The molecule has 1 N–H and O–H groups in total. The summed E-state index contributed by atoms with van der Waals surface area (Å²) in [5.41, 5.74) is 3.35. The van der Waals surface area contributed by atoms with E-state index < -0.39 is 0 Å². The predicted octanol–water partition coefficient (Wildman–Crippen LogP) is 4.94. The van der Waals surface area contributed by atoms with Crippen molar-refractivity contribution in [3.63, 3.8) is 0 Å². The molecule has 4 aromatic rings. The summed E-state index contributed by atoms with van der Waals surface area (Å²) < 4.78 is 5.46. The van der Waals surface area contributed by atoms with Gasteiger partial charge >= 0.3 is 0 Å². The van der Waals surface area contributed by atoms with Crippen molar-refractivity contribution in [3.8, 4) is 16.3 Å². The molecule has 0 aliphatic heterocycles. The number of carbonyl (C=O) groups excluding carboxylic acids is 1. The molecular weight excluding hydrogens is 370 g/mol. The van der Waals surface area contributed by atoms with Gasteiger partial charge in [-0.1, -0.05) is 18.2 Å². The van der Waals surface area contributed by atoms with Crippen molar-refractivity contribution in [1.29, 1.82) is 0 Å². The Morgan fingerprint density at radius 1 is 1.14 bits per heavy atom. The molecule has 0 radical (unpaired) electrons. The Hall–Kier alpha value is -3.25. The number of pyridine rings is 1. The molecule has 2 aromatic carbocycles. The number of carbonyl (C=O) groups is 1. The number of nitrogens with one attached hydrogen (secondary N) is 1. The maximum atomic E-state index is 12.4. The van der Waals surface area contributed by atoms with Gasteiger partial charge in [0, 0.05) is 16.3 Å². The van der Waals surface area contributed by atoms with Crippen molar-refractivity contribution in [1.82, 2.24) is 9.97 Å². The average molecular weight is 389 g/mol. The molecule has 0 aliphatic carbocycles. The Labute approximate surface area is 167 Å². The second kappa shape index (κ2) is 8.19. The third-order valence-electron chi connectivity index (χ3n) is 4.18. The lowest BCUT2D eigenvalue weighted by Crippen LogP contribution is -2.14. The number of benzene rings is 2. The van der Waals surface area contributed by atoms with Crippen molar-refractivity contribution in [3.05, 3.63) is 71.9 Å². The highest BCUT2D eigenvalue weighted by Crippen LogP contribution is 2.26. The zero-order valence-corrected chi connectivity index (χ0v) is 16.2. The zero-order valence-electron chi connectivity index (χ0n) is 15.4. The fourth-order valence-electron chi connectivity index (χ4n) is 2.89.